The predicted molar refractivity (Wildman–Crippen MR) is 111 cm³/mol. The number of benzene rings is 1. The number of carbonyl (C=O) groups is 2. The van der Waals surface area contributed by atoms with Crippen molar-refractivity contribution in [2.24, 2.45) is 5.41 Å². The Morgan fingerprint density at radius 2 is 1.66 bits per heavy atom. The molecule has 0 fully saturated rings. The summed E-state index contributed by atoms with van der Waals surface area (Å²) in [5.41, 5.74) is -4.10. The first-order valence-corrected chi connectivity index (χ1v) is 11.9. The number of carbonyl (C=O) groups excluding carboxylic acids is 2. The summed E-state index contributed by atoms with van der Waals surface area (Å²) in [4.78, 5) is 35.8. The summed E-state index contributed by atoms with van der Waals surface area (Å²) in [5.74, 6) is -2.68. The molecule has 0 radical (unpaired) electrons. The van der Waals surface area contributed by atoms with Crippen LogP contribution in [0.3, 0.4) is 0 Å². The van der Waals surface area contributed by atoms with Gasteiger partial charge in [0, 0.05) is 11.0 Å². The predicted octanol–water partition coefficient (Wildman–Crippen LogP) is 6.25. The third-order valence-corrected chi connectivity index (χ3v) is 5.72. The second-order valence-corrected chi connectivity index (χ2v) is 11.1. The highest BCUT2D eigenvalue weighted by Gasteiger charge is 2.65. The topological polar surface area (TPSA) is 123 Å². The first-order chi connectivity index (χ1) is 16.9. The summed E-state index contributed by atoms with van der Waals surface area (Å²) in [6, 6.07) is -0.239. The van der Waals surface area contributed by atoms with Crippen molar-refractivity contribution < 1.29 is 71.1 Å². The van der Waals surface area contributed by atoms with E-state index in [1.807, 2.05) is 0 Å². The van der Waals surface area contributed by atoms with Crippen molar-refractivity contribution >= 4 is 28.4 Å². The fraction of sp³-hybridized carbons (Fsp3) is 0.474. The van der Waals surface area contributed by atoms with Crippen LogP contribution in [-0.4, -0.2) is 49.5 Å². The lowest BCUT2D eigenvalue weighted by molar-refractivity contribution is -0.760. The number of hydrogen-bond donors (Lipinski definition) is 0. The van der Waals surface area contributed by atoms with Crippen LogP contribution in [0.2, 0.25) is 0 Å². The van der Waals surface area contributed by atoms with Gasteiger partial charge in [0.2, 0.25) is 12.9 Å². The van der Waals surface area contributed by atoms with E-state index in [1.165, 1.54) is 13.8 Å². The van der Waals surface area contributed by atoms with Gasteiger partial charge in [0.1, 0.15) is 23.9 Å². The molecule has 1 heterocycles. The Labute approximate surface area is 208 Å². The maximum Gasteiger partial charge on any atom is 0.511 e. The highest BCUT2D eigenvalue weighted by molar-refractivity contribution is 8.45. The van der Waals surface area contributed by atoms with Gasteiger partial charge >= 0.3 is 28.5 Å². The van der Waals surface area contributed by atoms with E-state index in [9.17, 15) is 52.3 Å². The van der Waals surface area contributed by atoms with Crippen molar-refractivity contribution in [1.82, 2.24) is 0 Å². The van der Waals surface area contributed by atoms with Crippen LogP contribution in [0.4, 0.5) is 37.4 Å². The van der Waals surface area contributed by atoms with E-state index in [4.69, 9.17) is 0 Å². The van der Waals surface area contributed by atoms with Gasteiger partial charge in [-0.25, -0.2) is 9.59 Å². The first-order valence-electron chi connectivity index (χ1n) is 9.97. The molecule has 10 nitrogen and oxygen atoms in total. The molecule has 0 bridgehead atoms. The van der Waals surface area contributed by atoms with E-state index >= 15 is 0 Å². The molecule has 1 atom stereocenters. The van der Waals surface area contributed by atoms with Crippen molar-refractivity contribution in [3.63, 3.8) is 0 Å². The molecule has 1 aromatic carbocycles. The van der Waals surface area contributed by atoms with E-state index in [1.54, 1.807) is 0 Å². The summed E-state index contributed by atoms with van der Waals surface area (Å²) in [6.07, 6.45) is -9.61. The standard InChI is InChI=1S/C19H19F8NO9S/c1-10-4-12(38(23,24,25,26)27)5-11-6-13(15(19(20,21)22)37-14(10)11)16(29)34-9-35-17(30)33-7-18(2,3)8-36-28(31)32/h4-6,15H,7-9H2,1-3H3/t15-/m0/s1. The number of nitrogens with zero attached hydrogens (tertiary/aromatic N) is 1. The Morgan fingerprint density at radius 1 is 1.05 bits per heavy atom. The summed E-state index contributed by atoms with van der Waals surface area (Å²) in [6.45, 7) is 1.30. The first kappa shape index (κ1) is 30.7. The third-order valence-electron chi connectivity index (χ3n) is 4.59. The lowest BCUT2D eigenvalue weighted by atomic mass is 9.97. The second kappa shape index (κ2) is 9.35. The molecule has 1 aromatic rings. The fourth-order valence-corrected chi connectivity index (χ4v) is 3.62. The maximum absolute atomic E-state index is 13.5. The van der Waals surface area contributed by atoms with Crippen LogP contribution in [-0.2, 0) is 23.8 Å². The zero-order valence-electron chi connectivity index (χ0n) is 19.5. The highest BCUT2D eigenvalue weighted by Crippen LogP contribution is 3.02. The zero-order chi connectivity index (χ0) is 29.4. The maximum atomic E-state index is 13.5. The van der Waals surface area contributed by atoms with Gasteiger partial charge in [-0.15, -0.1) is 10.1 Å². The van der Waals surface area contributed by atoms with Gasteiger partial charge in [0.25, 0.3) is 5.09 Å². The normalized spacial score (nSPS) is 17.6. The van der Waals surface area contributed by atoms with Gasteiger partial charge in [0.15, 0.2) is 0 Å². The van der Waals surface area contributed by atoms with Crippen LogP contribution in [0, 0.1) is 22.5 Å². The number of rotatable bonds is 9. The van der Waals surface area contributed by atoms with Gasteiger partial charge < -0.3 is 23.8 Å². The minimum atomic E-state index is -10.3. The summed E-state index contributed by atoms with van der Waals surface area (Å²) in [7, 11) is -10.3. The molecule has 19 heteroatoms. The number of halogens is 8. The summed E-state index contributed by atoms with van der Waals surface area (Å²) in [5, 5.41) is 9.13. The van der Waals surface area contributed by atoms with Gasteiger partial charge in [-0.1, -0.05) is 33.3 Å². The monoisotopic (exact) mass is 589 g/mol. The molecule has 1 aliphatic heterocycles. The van der Waals surface area contributed by atoms with E-state index < -0.39 is 92.5 Å². The van der Waals surface area contributed by atoms with Crippen LogP contribution in [0.15, 0.2) is 22.6 Å². The Balaban J connectivity index is 2.18. The zero-order valence-corrected chi connectivity index (χ0v) is 20.3. The largest absolute Gasteiger partial charge is 0.511 e. The van der Waals surface area contributed by atoms with Crippen LogP contribution in [0.5, 0.6) is 5.75 Å². The van der Waals surface area contributed by atoms with Gasteiger partial charge in [-0.2, -0.15) is 13.2 Å². The Morgan fingerprint density at radius 3 is 2.18 bits per heavy atom. The number of hydrogen-bond acceptors (Lipinski definition) is 9. The number of esters is 1. The molecule has 216 valence electrons. The average molecular weight is 589 g/mol. The lowest BCUT2D eigenvalue weighted by Gasteiger charge is -2.41. The Kier molecular flexibility index (Phi) is 7.56. The second-order valence-electron chi connectivity index (χ2n) is 8.66. The lowest BCUT2D eigenvalue weighted by Crippen LogP contribution is -2.41. The molecule has 0 N–H and O–H groups in total. The van der Waals surface area contributed by atoms with Gasteiger partial charge in [-0.3, -0.25) is 0 Å². The quantitative estimate of drug-likeness (QED) is 0.108. The molecule has 0 unspecified atom stereocenters. The average Bonchev–Trinajstić information content (AvgIpc) is 2.73. The smallest absolute Gasteiger partial charge is 0.475 e. The van der Waals surface area contributed by atoms with Crippen molar-refractivity contribution in [3.8, 4) is 5.75 Å². The number of ether oxygens (including phenoxy) is 4. The van der Waals surface area contributed by atoms with E-state index in [2.05, 4.69) is 23.8 Å². The van der Waals surface area contributed by atoms with Gasteiger partial charge in [0.05, 0.1) is 5.57 Å². The molecule has 1 aliphatic rings. The molecule has 0 spiro atoms. The molecule has 0 aromatic heterocycles. The molecule has 0 amide bonds. The Bertz CT molecular complexity index is 1170. The SMILES string of the molecule is Cc1cc(S(F)(F)(F)(F)F)cc2c1O[C@H](C(F)(F)F)C(C(=O)OCOC(=O)OCC(C)(C)CO[N+](=O)[O-])=C2. The van der Waals surface area contributed by atoms with Crippen LogP contribution < -0.4 is 4.74 Å². The minimum absolute atomic E-state index is 0.0742. The van der Waals surface area contributed by atoms with Crippen molar-refractivity contribution in [2.45, 2.75) is 37.9 Å². The molecule has 0 saturated heterocycles. The van der Waals surface area contributed by atoms with E-state index in [0.29, 0.717) is 0 Å². The Hall–Kier alpha value is -3.51. The molecule has 0 saturated carbocycles. The minimum Gasteiger partial charge on any atom is -0.475 e. The van der Waals surface area contributed by atoms with Crippen molar-refractivity contribution in [1.29, 1.82) is 0 Å². The van der Waals surface area contributed by atoms with Gasteiger partial charge in [-0.05, 0) is 30.7 Å². The molecule has 38 heavy (non-hydrogen) atoms. The summed E-state index contributed by atoms with van der Waals surface area (Å²) >= 11 is 0. The third kappa shape index (κ3) is 8.25. The van der Waals surface area contributed by atoms with E-state index in [-0.39, 0.29) is 18.2 Å². The summed E-state index contributed by atoms with van der Waals surface area (Å²) < 4.78 is 125. The van der Waals surface area contributed by atoms with Crippen LogP contribution in [0.1, 0.15) is 25.0 Å². The molecule has 0 aliphatic carbocycles. The molecular weight excluding hydrogens is 570 g/mol. The number of aryl methyl sites for hydroxylation is 1. The van der Waals surface area contributed by atoms with Crippen molar-refractivity contribution in [2.75, 3.05) is 20.0 Å². The van der Waals surface area contributed by atoms with Crippen LogP contribution >= 0.6 is 10.2 Å². The highest BCUT2D eigenvalue weighted by atomic mass is 32.5. The van der Waals surface area contributed by atoms with E-state index in [0.717, 1.165) is 6.92 Å². The van der Waals surface area contributed by atoms with Crippen LogP contribution in [0.25, 0.3) is 6.08 Å². The van der Waals surface area contributed by atoms with Crippen molar-refractivity contribution in [3.05, 3.63) is 38.9 Å². The number of fused-ring (bicyclic) bond motifs is 1. The molecule has 2 rings (SSSR count). The fourth-order valence-electron chi connectivity index (χ4n) is 2.87. The molecular formula is C19H19F8NO9S. The number of alkyl halides is 3.